The van der Waals surface area contributed by atoms with Gasteiger partial charge < -0.3 is 15.0 Å². The Bertz CT molecular complexity index is 626. The van der Waals surface area contributed by atoms with Crippen LogP contribution in [-0.2, 0) is 6.54 Å². The Morgan fingerprint density at radius 2 is 2.10 bits per heavy atom. The normalized spacial score (nSPS) is 12.1. The molecule has 0 spiro atoms. The van der Waals surface area contributed by atoms with E-state index in [0.717, 1.165) is 6.07 Å². The van der Waals surface area contributed by atoms with E-state index < -0.39 is 11.3 Å². The second kappa shape index (κ2) is 5.39. The molecular weight excluding hydrogens is 298 g/mol. The van der Waals surface area contributed by atoms with Gasteiger partial charge in [-0.1, -0.05) is 0 Å². The Hall–Kier alpha value is -1.64. The minimum Gasteiger partial charge on any atom is -0.494 e. The molecule has 110 valence electrons. The van der Waals surface area contributed by atoms with Crippen molar-refractivity contribution in [2.45, 2.75) is 12.1 Å². The molecule has 1 aromatic carbocycles. The van der Waals surface area contributed by atoms with E-state index in [1.54, 1.807) is 0 Å². The molecule has 4 nitrogen and oxygen atoms in total. The predicted octanol–water partition coefficient (Wildman–Crippen LogP) is 3.02. The molecule has 9 heteroatoms. The average Bonchev–Trinajstić information content (AvgIpc) is 2.62. The SMILES string of the molecule is COc1cc2c(cc1F)nc(N)n2CCSC(F)(F)F. The molecule has 0 radical (unpaired) electrons. The first kappa shape index (κ1) is 14.8. The summed E-state index contributed by atoms with van der Waals surface area (Å²) in [6.45, 7) is 0.0152. The van der Waals surface area contributed by atoms with Crippen LogP contribution in [0.3, 0.4) is 0 Å². The minimum atomic E-state index is -4.30. The number of anilines is 1. The zero-order chi connectivity index (χ0) is 14.9. The Kier molecular flexibility index (Phi) is 3.98. The van der Waals surface area contributed by atoms with Gasteiger partial charge in [-0.05, 0) is 11.8 Å². The number of nitrogen functional groups attached to an aromatic ring is 1. The number of methoxy groups -OCH3 is 1. The molecule has 0 unspecified atom stereocenters. The molecule has 2 N–H and O–H groups in total. The molecule has 2 aromatic rings. The van der Waals surface area contributed by atoms with Gasteiger partial charge in [-0.3, -0.25) is 0 Å². The molecule has 0 saturated heterocycles. The number of hydrogen-bond acceptors (Lipinski definition) is 4. The fourth-order valence-electron chi connectivity index (χ4n) is 1.79. The molecule has 0 amide bonds. The van der Waals surface area contributed by atoms with Gasteiger partial charge >= 0.3 is 5.51 Å². The van der Waals surface area contributed by atoms with Gasteiger partial charge in [0.25, 0.3) is 0 Å². The molecule has 0 saturated carbocycles. The lowest BCUT2D eigenvalue weighted by Gasteiger charge is -2.09. The maximum absolute atomic E-state index is 13.5. The van der Waals surface area contributed by atoms with Crippen LogP contribution in [0.25, 0.3) is 11.0 Å². The molecule has 2 rings (SSSR count). The fraction of sp³-hybridized carbons (Fsp3) is 0.364. The fourth-order valence-corrected chi connectivity index (χ4v) is 2.29. The Morgan fingerprint density at radius 1 is 1.40 bits per heavy atom. The highest BCUT2D eigenvalue weighted by atomic mass is 32.2. The summed E-state index contributed by atoms with van der Waals surface area (Å²) in [5, 5.41) is 0. The van der Waals surface area contributed by atoms with E-state index >= 15 is 0 Å². The van der Waals surface area contributed by atoms with Crippen LogP contribution in [-0.4, -0.2) is 27.9 Å². The van der Waals surface area contributed by atoms with Gasteiger partial charge in [-0.2, -0.15) is 13.2 Å². The third kappa shape index (κ3) is 3.09. The molecule has 0 fully saturated rings. The summed E-state index contributed by atoms with van der Waals surface area (Å²) in [6.07, 6.45) is 0. The van der Waals surface area contributed by atoms with Crippen molar-refractivity contribution in [3.05, 3.63) is 17.9 Å². The Balaban J connectivity index is 2.30. The van der Waals surface area contributed by atoms with Crippen molar-refractivity contribution in [1.82, 2.24) is 9.55 Å². The number of halogens is 4. The maximum atomic E-state index is 13.5. The lowest BCUT2D eigenvalue weighted by Crippen LogP contribution is -2.09. The second-order valence-corrected chi connectivity index (χ2v) is 5.05. The van der Waals surface area contributed by atoms with E-state index in [9.17, 15) is 17.6 Å². The van der Waals surface area contributed by atoms with E-state index in [1.165, 1.54) is 17.7 Å². The number of alkyl halides is 3. The van der Waals surface area contributed by atoms with Crippen molar-refractivity contribution in [1.29, 1.82) is 0 Å². The summed E-state index contributed by atoms with van der Waals surface area (Å²) in [6, 6.07) is 2.50. The van der Waals surface area contributed by atoms with E-state index in [4.69, 9.17) is 10.5 Å². The van der Waals surface area contributed by atoms with Gasteiger partial charge in [0.2, 0.25) is 5.95 Å². The number of imidazole rings is 1. The first-order chi connectivity index (χ1) is 9.31. The first-order valence-electron chi connectivity index (χ1n) is 5.52. The lowest BCUT2D eigenvalue weighted by atomic mass is 10.3. The highest BCUT2D eigenvalue weighted by Gasteiger charge is 2.27. The number of aromatic nitrogens is 2. The number of thioether (sulfide) groups is 1. The number of ether oxygens (including phenoxy) is 1. The Labute approximate surface area is 115 Å². The molecule has 1 heterocycles. The van der Waals surface area contributed by atoms with Crippen molar-refractivity contribution in [3.8, 4) is 5.75 Å². The zero-order valence-corrected chi connectivity index (χ0v) is 11.2. The largest absolute Gasteiger partial charge is 0.494 e. The highest BCUT2D eigenvalue weighted by Crippen LogP contribution is 2.31. The standard InChI is InChI=1S/C11H11F4N3OS/c1-19-9-5-8-7(4-6(9)12)17-10(16)18(8)2-3-20-11(13,14)15/h4-5H,2-3H2,1H3,(H2,16,17). The van der Waals surface area contributed by atoms with Crippen molar-refractivity contribution in [2.75, 3.05) is 18.6 Å². The number of nitrogens with two attached hydrogens (primary N) is 1. The summed E-state index contributed by atoms with van der Waals surface area (Å²) >= 11 is -0.147. The number of benzene rings is 1. The number of fused-ring (bicyclic) bond motifs is 1. The van der Waals surface area contributed by atoms with E-state index in [2.05, 4.69) is 4.98 Å². The van der Waals surface area contributed by atoms with Gasteiger partial charge in [0.1, 0.15) is 0 Å². The van der Waals surface area contributed by atoms with Crippen molar-refractivity contribution in [2.24, 2.45) is 0 Å². The van der Waals surface area contributed by atoms with Crippen molar-refractivity contribution >= 4 is 28.7 Å². The Morgan fingerprint density at radius 3 is 2.70 bits per heavy atom. The predicted molar refractivity (Wildman–Crippen MR) is 69.2 cm³/mol. The van der Waals surface area contributed by atoms with Crippen LogP contribution < -0.4 is 10.5 Å². The summed E-state index contributed by atoms with van der Waals surface area (Å²) in [4.78, 5) is 3.92. The van der Waals surface area contributed by atoms with Gasteiger partial charge in [-0.15, -0.1) is 0 Å². The molecule has 0 aliphatic rings. The van der Waals surface area contributed by atoms with Crippen LogP contribution in [0, 0.1) is 5.82 Å². The summed E-state index contributed by atoms with van der Waals surface area (Å²) < 4.78 is 56.1. The van der Waals surface area contributed by atoms with Crippen molar-refractivity contribution < 1.29 is 22.3 Å². The van der Waals surface area contributed by atoms with Crippen molar-refractivity contribution in [3.63, 3.8) is 0 Å². The number of rotatable bonds is 4. The number of nitrogens with zero attached hydrogens (tertiary/aromatic N) is 2. The molecule has 1 aromatic heterocycles. The monoisotopic (exact) mass is 309 g/mol. The van der Waals surface area contributed by atoms with Gasteiger partial charge in [0.05, 0.1) is 18.1 Å². The minimum absolute atomic E-state index is 0.0119. The molecule has 20 heavy (non-hydrogen) atoms. The summed E-state index contributed by atoms with van der Waals surface area (Å²) in [5.74, 6) is -0.786. The molecule has 0 bridgehead atoms. The van der Waals surface area contributed by atoms with E-state index in [0.29, 0.717) is 5.52 Å². The average molecular weight is 309 g/mol. The van der Waals surface area contributed by atoms with Crippen LogP contribution in [0.2, 0.25) is 0 Å². The quantitative estimate of drug-likeness (QED) is 0.882. The van der Waals surface area contributed by atoms with E-state index in [1.807, 2.05) is 0 Å². The third-order valence-corrected chi connectivity index (χ3v) is 3.35. The smallest absolute Gasteiger partial charge is 0.441 e. The van der Waals surface area contributed by atoms with Gasteiger partial charge in [-0.25, -0.2) is 9.37 Å². The lowest BCUT2D eigenvalue weighted by molar-refractivity contribution is -0.0328. The number of hydrogen-bond donors (Lipinski definition) is 1. The van der Waals surface area contributed by atoms with E-state index in [-0.39, 0.29) is 41.3 Å². The highest BCUT2D eigenvalue weighted by molar-refractivity contribution is 8.00. The second-order valence-electron chi connectivity index (χ2n) is 3.89. The van der Waals surface area contributed by atoms with Crippen LogP contribution >= 0.6 is 11.8 Å². The molecule has 0 aliphatic heterocycles. The topological polar surface area (TPSA) is 53.1 Å². The summed E-state index contributed by atoms with van der Waals surface area (Å²) in [5.41, 5.74) is 2.06. The summed E-state index contributed by atoms with van der Waals surface area (Å²) in [7, 11) is 1.30. The first-order valence-corrected chi connectivity index (χ1v) is 6.50. The van der Waals surface area contributed by atoms with Crippen LogP contribution in [0.15, 0.2) is 12.1 Å². The van der Waals surface area contributed by atoms with Crippen LogP contribution in [0.1, 0.15) is 0 Å². The molecule has 0 atom stereocenters. The van der Waals surface area contributed by atoms with Gasteiger partial charge in [0, 0.05) is 24.4 Å². The third-order valence-electron chi connectivity index (χ3n) is 2.63. The van der Waals surface area contributed by atoms with Crippen LogP contribution in [0.4, 0.5) is 23.5 Å². The molecular formula is C11H11F4N3OS. The maximum Gasteiger partial charge on any atom is 0.441 e. The zero-order valence-electron chi connectivity index (χ0n) is 10.4. The molecule has 0 aliphatic carbocycles. The van der Waals surface area contributed by atoms with Crippen LogP contribution in [0.5, 0.6) is 5.75 Å². The van der Waals surface area contributed by atoms with Gasteiger partial charge in [0.15, 0.2) is 11.6 Å². The number of aryl methyl sites for hydroxylation is 1.